The molecule has 222 valence electrons. The molecule has 4 aromatic rings. The molecule has 3 unspecified atom stereocenters. The smallest absolute Gasteiger partial charge is 0.303 e. The Morgan fingerprint density at radius 3 is 2.37 bits per heavy atom. The lowest BCUT2D eigenvalue weighted by atomic mass is 9.99. The van der Waals surface area contributed by atoms with Gasteiger partial charge in [0.05, 0.1) is 30.3 Å². The minimum atomic E-state index is -0.990. The number of rotatable bonds is 12. The van der Waals surface area contributed by atoms with Gasteiger partial charge in [-0.3, -0.25) is 9.59 Å². The zero-order valence-electron chi connectivity index (χ0n) is 23.6. The minimum Gasteiger partial charge on any atom is -0.481 e. The second-order valence-corrected chi connectivity index (χ2v) is 11.4. The van der Waals surface area contributed by atoms with Gasteiger partial charge in [-0.2, -0.15) is 0 Å². The number of aliphatic carboxylic acids is 1. The lowest BCUT2D eigenvalue weighted by Gasteiger charge is -2.36. The molecule has 1 aromatic heterocycles. The van der Waals surface area contributed by atoms with E-state index < -0.39 is 12.3 Å². The van der Waals surface area contributed by atoms with E-state index >= 15 is 0 Å². The monoisotopic (exact) mass is 598 g/mol. The number of hydrogen-bond acceptors (Lipinski definition) is 7. The maximum atomic E-state index is 11.9. The first kappa shape index (κ1) is 30.4. The maximum Gasteiger partial charge on any atom is 0.303 e. The second-order valence-electron chi connectivity index (χ2n) is 10.3. The van der Waals surface area contributed by atoms with E-state index in [-0.39, 0.29) is 37.6 Å². The van der Waals surface area contributed by atoms with Crippen LogP contribution >= 0.6 is 11.8 Å². The molecule has 0 saturated carbocycles. The van der Waals surface area contributed by atoms with Crippen molar-refractivity contribution in [3.05, 3.63) is 119 Å². The fourth-order valence-electron chi connectivity index (χ4n) is 4.84. The van der Waals surface area contributed by atoms with Crippen molar-refractivity contribution >= 4 is 23.6 Å². The van der Waals surface area contributed by atoms with Crippen molar-refractivity contribution in [2.75, 3.05) is 5.75 Å². The first-order chi connectivity index (χ1) is 21.0. The van der Waals surface area contributed by atoms with Crippen LogP contribution in [0.3, 0.4) is 0 Å². The number of pyridine rings is 1. The second kappa shape index (κ2) is 14.9. The number of benzene rings is 3. The van der Waals surface area contributed by atoms with Crippen LogP contribution in [-0.2, 0) is 32.2 Å². The number of ether oxygens (including phenoxy) is 2. The van der Waals surface area contributed by atoms with Crippen molar-refractivity contribution in [1.29, 1.82) is 0 Å². The Morgan fingerprint density at radius 1 is 0.860 bits per heavy atom. The van der Waals surface area contributed by atoms with Gasteiger partial charge in [0.15, 0.2) is 6.29 Å². The van der Waals surface area contributed by atoms with Crippen molar-refractivity contribution in [1.82, 2.24) is 10.3 Å². The van der Waals surface area contributed by atoms with Gasteiger partial charge in [-0.05, 0) is 46.0 Å². The molecule has 1 aliphatic rings. The lowest BCUT2D eigenvalue weighted by Crippen LogP contribution is -2.31. The summed E-state index contributed by atoms with van der Waals surface area (Å²) in [5, 5.41) is 22.0. The average Bonchev–Trinajstić information content (AvgIpc) is 3.06. The molecule has 8 nitrogen and oxygen atoms in total. The summed E-state index contributed by atoms with van der Waals surface area (Å²) in [5.74, 6) is -0.542. The highest BCUT2D eigenvalue weighted by atomic mass is 32.2. The molecule has 1 aliphatic heterocycles. The van der Waals surface area contributed by atoms with E-state index in [1.54, 1.807) is 18.0 Å². The third-order valence-corrected chi connectivity index (χ3v) is 8.24. The molecule has 0 spiro atoms. The molecule has 1 saturated heterocycles. The Morgan fingerprint density at radius 2 is 1.65 bits per heavy atom. The van der Waals surface area contributed by atoms with Gasteiger partial charge < -0.3 is 25.0 Å². The van der Waals surface area contributed by atoms with Crippen molar-refractivity contribution in [3.63, 3.8) is 0 Å². The fourth-order valence-corrected chi connectivity index (χ4v) is 5.72. The number of hydrogen-bond donors (Lipinski definition) is 3. The van der Waals surface area contributed by atoms with Gasteiger partial charge >= 0.3 is 5.97 Å². The minimum absolute atomic E-state index is 0.00241. The summed E-state index contributed by atoms with van der Waals surface area (Å²) in [6, 6.07) is 29.7. The van der Waals surface area contributed by atoms with E-state index in [1.807, 2.05) is 91.0 Å². The predicted octanol–water partition coefficient (Wildman–Crippen LogP) is 6.06. The molecule has 2 heterocycles. The lowest BCUT2D eigenvalue weighted by molar-refractivity contribution is -0.245. The molecule has 3 atom stereocenters. The molecular formula is C34H34N2O6S. The Hall–Kier alpha value is -4.02. The number of carbonyl (C=O) groups excluding carboxylic acids is 1. The molecule has 0 radical (unpaired) electrons. The molecule has 1 amide bonds. The van der Waals surface area contributed by atoms with Gasteiger partial charge in [-0.25, -0.2) is 4.98 Å². The highest BCUT2D eigenvalue weighted by Crippen LogP contribution is 2.39. The van der Waals surface area contributed by atoms with Gasteiger partial charge in [0, 0.05) is 36.9 Å². The number of nitrogens with zero attached hydrogens (tertiary/aromatic N) is 1. The van der Waals surface area contributed by atoms with Crippen LogP contribution in [0, 0.1) is 0 Å². The topological polar surface area (TPSA) is 118 Å². The standard InChI is InChI=1S/C34H34N2O6S/c37-21-23-7-9-26(10-8-23)30-19-29(22-43-32-6-1-2-17-35-32)41-34(42-30)27-13-11-25(12-14-27)28-5-3-4-24(18-28)20-36-31(38)15-16-33(39)40/h1-14,17-18,29-30,34,37H,15-16,19-22H2,(H,36,38)(H,39,40). The number of carboxylic acid groups (broad SMARTS) is 1. The number of aliphatic hydroxyl groups excluding tert-OH is 1. The number of carboxylic acids is 1. The zero-order chi connectivity index (χ0) is 30.0. The van der Waals surface area contributed by atoms with E-state index in [0.29, 0.717) is 13.0 Å². The third-order valence-electron chi connectivity index (χ3n) is 7.17. The van der Waals surface area contributed by atoms with Crippen molar-refractivity contribution in [2.45, 2.75) is 55.9 Å². The van der Waals surface area contributed by atoms with E-state index in [9.17, 15) is 14.7 Å². The Labute approximate surface area is 255 Å². The molecule has 9 heteroatoms. The van der Waals surface area contributed by atoms with Crippen molar-refractivity contribution in [2.24, 2.45) is 0 Å². The van der Waals surface area contributed by atoms with Crippen molar-refractivity contribution < 1.29 is 29.3 Å². The highest BCUT2D eigenvalue weighted by Gasteiger charge is 2.32. The van der Waals surface area contributed by atoms with E-state index in [4.69, 9.17) is 14.6 Å². The van der Waals surface area contributed by atoms with Crippen LogP contribution in [0.4, 0.5) is 0 Å². The van der Waals surface area contributed by atoms with Gasteiger partial charge in [-0.15, -0.1) is 11.8 Å². The summed E-state index contributed by atoms with van der Waals surface area (Å²) in [7, 11) is 0. The number of nitrogens with one attached hydrogen (secondary N) is 1. The summed E-state index contributed by atoms with van der Waals surface area (Å²) in [6.45, 7) is 0.324. The Kier molecular flexibility index (Phi) is 10.6. The van der Waals surface area contributed by atoms with Crippen LogP contribution in [-0.4, -0.2) is 38.9 Å². The van der Waals surface area contributed by atoms with Crippen LogP contribution in [0.1, 0.15) is 53.9 Å². The molecule has 3 N–H and O–H groups in total. The van der Waals surface area contributed by atoms with Gasteiger partial charge in [0.1, 0.15) is 0 Å². The van der Waals surface area contributed by atoms with Gasteiger partial charge in [0.2, 0.25) is 5.91 Å². The van der Waals surface area contributed by atoms with Crippen LogP contribution in [0.25, 0.3) is 11.1 Å². The summed E-state index contributed by atoms with van der Waals surface area (Å²) >= 11 is 1.66. The Bertz CT molecular complexity index is 1500. The van der Waals surface area contributed by atoms with E-state index in [0.717, 1.165) is 44.2 Å². The SMILES string of the molecule is O=C(O)CCC(=O)NCc1cccc(-c2ccc(C3OC(CSc4ccccn4)CC(c4ccc(CO)cc4)O3)cc2)c1. The average molecular weight is 599 g/mol. The molecular weight excluding hydrogens is 564 g/mol. The molecule has 0 bridgehead atoms. The summed E-state index contributed by atoms with van der Waals surface area (Å²) < 4.78 is 12.9. The normalized spacial score (nSPS) is 18.2. The van der Waals surface area contributed by atoms with Gasteiger partial charge in [-0.1, -0.05) is 72.8 Å². The van der Waals surface area contributed by atoms with E-state index in [2.05, 4.69) is 10.3 Å². The summed E-state index contributed by atoms with van der Waals surface area (Å²) in [6.07, 6.45) is 1.49. The quantitative estimate of drug-likeness (QED) is 0.169. The fraction of sp³-hybridized carbons (Fsp3) is 0.265. The maximum absolute atomic E-state index is 11.9. The number of aliphatic hydroxyl groups is 1. The molecule has 1 fully saturated rings. The zero-order valence-corrected chi connectivity index (χ0v) is 24.4. The van der Waals surface area contributed by atoms with Crippen LogP contribution in [0.2, 0.25) is 0 Å². The number of amides is 1. The summed E-state index contributed by atoms with van der Waals surface area (Å²) in [4.78, 5) is 27.1. The van der Waals surface area contributed by atoms with E-state index in [1.165, 1.54) is 0 Å². The number of carbonyl (C=O) groups is 2. The molecule has 5 rings (SSSR count). The van der Waals surface area contributed by atoms with Crippen LogP contribution in [0.5, 0.6) is 0 Å². The summed E-state index contributed by atoms with van der Waals surface area (Å²) in [5.41, 5.74) is 5.75. The third kappa shape index (κ3) is 8.75. The van der Waals surface area contributed by atoms with Crippen LogP contribution < -0.4 is 5.32 Å². The largest absolute Gasteiger partial charge is 0.481 e. The molecule has 3 aromatic carbocycles. The predicted molar refractivity (Wildman–Crippen MR) is 164 cm³/mol. The number of aromatic nitrogens is 1. The highest BCUT2D eigenvalue weighted by molar-refractivity contribution is 7.99. The molecule has 0 aliphatic carbocycles. The molecule has 43 heavy (non-hydrogen) atoms. The number of thioether (sulfide) groups is 1. The van der Waals surface area contributed by atoms with Crippen LogP contribution in [0.15, 0.2) is 102 Å². The van der Waals surface area contributed by atoms with Gasteiger partial charge in [0.25, 0.3) is 0 Å². The first-order valence-electron chi connectivity index (χ1n) is 14.2. The first-order valence-corrected chi connectivity index (χ1v) is 15.2. The van der Waals surface area contributed by atoms with Crippen molar-refractivity contribution in [3.8, 4) is 11.1 Å². The Balaban J connectivity index is 1.28.